The van der Waals surface area contributed by atoms with Crippen molar-refractivity contribution >= 4 is 27.5 Å². The highest BCUT2D eigenvalue weighted by molar-refractivity contribution is 9.10. The number of halogens is 1. The molecule has 0 saturated carbocycles. The fraction of sp³-hybridized carbons (Fsp3) is 0.278. The molecule has 0 N–H and O–H groups in total. The van der Waals surface area contributed by atoms with Crippen molar-refractivity contribution < 1.29 is 14.3 Å². The van der Waals surface area contributed by atoms with Gasteiger partial charge in [0.2, 0.25) is 5.91 Å². The second-order valence-electron chi connectivity index (χ2n) is 5.34. The molecule has 3 rings (SSSR count). The maximum Gasteiger partial charge on any atom is 0.227 e. The molecule has 1 aliphatic heterocycles. The molecule has 0 bridgehead atoms. The van der Waals surface area contributed by atoms with Crippen LogP contribution in [0.3, 0.4) is 0 Å². The molecule has 1 amide bonds. The van der Waals surface area contributed by atoms with E-state index in [4.69, 9.17) is 9.47 Å². The molecular formula is C18H18BrNO3. The molecule has 5 heteroatoms. The fourth-order valence-corrected chi connectivity index (χ4v) is 3.11. The highest BCUT2D eigenvalue weighted by atomic mass is 79.9. The van der Waals surface area contributed by atoms with Gasteiger partial charge in [-0.3, -0.25) is 4.79 Å². The number of hydrogen-bond acceptors (Lipinski definition) is 3. The van der Waals surface area contributed by atoms with Crippen LogP contribution in [-0.4, -0.2) is 26.2 Å². The molecule has 23 heavy (non-hydrogen) atoms. The Labute approximate surface area is 144 Å². The average Bonchev–Trinajstić information content (AvgIpc) is 2.57. The molecule has 0 aromatic heterocycles. The summed E-state index contributed by atoms with van der Waals surface area (Å²) in [4.78, 5) is 14.0. The Hall–Kier alpha value is -2.01. The van der Waals surface area contributed by atoms with Crippen LogP contribution in [-0.2, 0) is 11.2 Å². The number of fused-ring (bicyclic) bond motifs is 1. The largest absolute Gasteiger partial charge is 0.497 e. The smallest absolute Gasteiger partial charge is 0.227 e. The zero-order valence-corrected chi connectivity index (χ0v) is 14.5. The number of anilines is 1. The number of methoxy groups -OCH3 is 1. The number of rotatable bonds is 5. The molecule has 0 unspecified atom stereocenters. The monoisotopic (exact) mass is 375 g/mol. The van der Waals surface area contributed by atoms with E-state index < -0.39 is 0 Å². The predicted molar refractivity (Wildman–Crippen MR) is 93.3 cm³/mol. The second-order valence-corrected chi connectivity index (χ2v) is 6.26. The Bertz CT molecular complexity index is 700. The Morgan fingerprint density at radius 2 is 1.83 bits per heavy atom. The van der Waals surface area contributed by atoms with Gasteiger partial charge in [-0.2, -0.15) is 0 Å². The van der Waals surface area contributed by atoms with Crippen molar-refractivity contribution in [1.29, 1.82) is 0 Å². The Morgan fingerprint density at radius 1 is 1.09 bits per heavy atom. The van der Waals surface area contributed by atoms with Gasteiger partial charge in [0, 0.05) is 16.6 Å². The van der Waals surface area contributed by atoms with Crippen LogP contribution in [0.15, 0.2) is 46.9 Å². The van der Waals surface area contributed by atoms with E-state index in [1.165, 1.54) is 5.56 Å². The minimum Gasteiger partial charge on any atom is -0.497 e. The highest BCUT2D eigenvalue weighted by Crippen LogP contribution is 2.30. The molecule has 2 aromatic carbocycles. The molecule has 0 fully saturated rings. The molecule has 0 spiro atoms. The van der Waals surface area contributed by atoms with E-state index in [0.29, 0.717) is 19.6 Å². The maximum atomic E-state index is 12.2. The van der Waals surface area contributed by atoms with Gasteiger partial charge in [0.1, 0.15) is 18.1 Å². The third-order valence-electron chi connectivity index (χ3n) is 3.88. The van der Waals surface area contributed by atoms with Crippen molar-refractivity contribution in [2.75, 3.05) is 25.2 Å². The standard InChI is InChI=1S/C18H18BrNO3/c1-22-15-4-6-16(7-5-15)23-11-10-20-17-8-3-14(19)12-13(17)2-9-18(20)21/h3-8,12H,2,9-11H2,1H3. The summed E-state index contributed by atoms with van der Waals surface area (Å²) >= 11 is 3.48. The van der Waals surface area contributed by atoms with Crippen molar-refractivity contribution in [3.63, 3.8) is 0 Å². The van der Waals surface area contributed by atoms with Crippen LogP contribution >= 0.6 is 15.9 Å². The molecule has 0 saturated heterocycles. The summed E-state index contributed by atoms with van der Waals surface area (Å²) < 4.78 is 11.9. The molecule has 2 aromatic rings. The highest BCUT2D eigenvalue weighted by Gasteiger charge is 2.23. The molecule has 1 heterocycles. The van der Waals surface area contributed by atoms with Crippen molar-refractivity contribution in [1.82, 2.24) is 0 Å². The number of amides is 1. The summed E-state index contributed by atoms with van der Waals surface area (Å²) in [6.07, 6.45) is 1.34. The van der Waals surface area contributed by atoms with Gasteiger partial charge < -0.3 is 14.4 Å². The number of carbonyl (C=O) groups excluding carboxylic acids is 1. The van der Waals surface area contributed by atoms with Crippen LogP contribution < -0.4 is 14.4 Å². The first-order valence-corrected chi connectivity index (χ1v) is 8.32. The van der Waals surface area contributed by atoms with E-state index in [-0.39, 0.29) is 5.91 Å². The van der Waals surface area contributed by atoms with Crippen molar-refractivity contribution in [2.24, 2.45) is 0 Å². The van der Waals surface area contributed by atoms with Crippen LogP contribution in [0.25, 0.3) is 0 Å². The normalized spacial score (nSPS) is 13.7. The summed E-state index contributed by atoms with van der Waals surface area (Å²) in [5, 5.41) is 0. The van der Waals surface area contributed by atoms with E-state index in [1.807, 2.05) is 41.3 Å². The second kappa shape index (κ2) is 7.04. The molecule has 1 aliphatic rings. The number of aryl methyl sites for hydroxylation is 1. The lowest BCUT2D eigenvalue weighted by Crippen LogP contribution is -2.38. The zero-order valence-electron chi connectivity index (χ0n) is 12.9. The first kappa shape index (κ1) is 15.9. The quantitative estimate of drug-likeness (QED) is 0.797. The van der Waals surface area contributed by atoms with Crippen molar-refractivity contribution in [2.45, 2.75) is 12.8 Å². The first-order chi connectivity index (χ1) is 11.2. The topological polar surface area (TPSA) is 38.8 Å². The lowest BCUT2D eigenvalue weighted by molar-refractivity contribution is -0.119. The predicted octanol–water partition coefficient (Wildman–Crippen LogP) is 3.82. The van der Waals surface area contributed by atoms with E-state index in [1.54, 1.807) is 7.11 Å². The van der Waals surface area contributed by atoms with Crippen LogP contribution in [0.5, 0.6) is 11.5 Å². The van der Waals surface area contributed by atoms with Crippen molar-refractivity contribution in [3.8, 4) is 11.5 Å². The molecule has 0 radical (unpaired) electrons. The van der Waals surface area contributed by atoms with Crippen LogP contribution in [0.2, 0.25) is 0 Å². The van der Waals surface area contributed by atoms with Gasteiger partial charge in [-0.15, -0.1) is 0 Å². The van der Waals surface area contributed by atoms with Gasteiger partial charge >= 0.3 is 0 Å². The average molecular weight is 376 g/mol. The Morgan fingerprint density at radius 3 is 2.57 bits per heavy atom. The van der Waals surface area contributed by atoms with Gasteiger partial charge in [-0.1, -0.05) is 15.9 Å². The summed E-state index contributed by atoms with van der Waals surface area (Å²) in [6, 6.07) is 13.5. The number of ether oxygens (including phenoxy) is 2. The lowest BCUT2D eigenvalue weighted by atomic mass is 10.0. The number of nitrogens with zero attached hydrogens (tertiary/aromatic N) is 1. The lowest BCUT2D eigenvalue weighted by Gasteiger charge is -2.29. The van der Waals surface area contributed by atoms with Gasteiger partial charge in [-0.25, -0.2) is 0 Å². The summed E-state index contributed by atoms with van der Waals surface area (Å²) in [5.41, 5.74) is 2.19. The summed E-state index contributed by atoms with van der Waals surface area (Å²) in [6.45, 7) is 0.993. The third kappa shape index (κ3) is 3.67. The van der Waals surface area contributed by atoms with Gasteiger partial charge in [0.05, 0.1) is 13.7 Å². The van der Waals surface area contributed by atoms with Crippen LogP contribution in [0, 0.1) is 0 Å². The van der Waals surface area contributed by atoms with E-state index in [9.17, 15) is 4.79 Å². The minimum atomic E-state index is 0.151. The van der Waals surface area contributed by atoms with E-state index in [0.717, 1.165) is 28.1 Å². The third-order valence-corrected chi connectivity index (χ3v) is 4.38. The summed E-state index contributed by atoms with van der Waals surface area (Å²) in [5.74, 6) is 1.72. The maximum absolute atomic E-state index is 12.2. The number of hydrogen-bond donors (Lipinski definition) is 0. The molecule has 4 nitrogen and oxygen atoms in total. The number of carbonyl (C=O) groups is 1. The SMILES string of the molecule is COc1ccc(OCCN2C(=O)CCc3cc(Br)ccc32)cc1. The van der Waals surface area contributed by atoms with Gasteiger partial charge in [-0.05, 0) is 54.4 Å². The number of benzene rings is 2. The Kier molecular flexibility index (Phi) is 4.86. The molecule has 0 aliphatic carbocycles. The van der Waals surface area contributed by atoms with Crippen LogP contribution in [0.4, 0.5) is 5.69 Å². The van der Waals surface area contributed by atoms with Gasteiger partial charge in [0.15, 0.2) is 0 Å². The molecule has 120 valence electrons. The summed E-state index contributed by atoms with van der Waals surface area (Å²) in [7, 11) is 1.63. The molecular weight excluding hydrogens is 358 g/mol. The minimum absolute atomic E-state index is 0.151. The fourth-order valence-electron chi connectivity index (χ4n) is 2.70. The van der Waals surface area contributed by atoms with Gasteiger partial charge in [0.25, 0.3) is 0 Å². The van der Waals surface area contributed by atoms with E-state index >= 15 is 0 Å². The zero-order chi connectivity index (χ0) is 16.2. The molecule has 0 atom stereocenters. The first-order valence-electron chi connectivity index (χ1n) is 7.53. The van der Waals surface area contributed by atoms with Crippen molar-refractivity contribution in [3.05, 3.63) is 52.5 Å². The Balaban J connectivity index is 1.64. The van der Waals surface area contributed by atoms with E-state index in [2.05, 4.69) is 22.0 Å². The van der Waals surface area contributed by atoms with Crippen LogP contribution in [0.1, 0.15) is 12.0 Å².